The molecule has 0 amide bonds. The van der Waals surface area contributed by atoms with Gasteiger partial charge in [-0.05, 0) is 29.8 Å². The van der Waals surface area contributed by atoms with Crippen molar-refractivity contribution in [2.24, 2.45) is 0 Å². The summed E-state index contributed by atoms with van der Waals surface area (Å²) in [6.07, 6.45) is -4.93. The minimum atomic E-state index is -5.02. The van der Waals surface area contributed by atoms with E-state index in [9.17, 15) is 32.3 Å². The first kappa shape index (κ1) is 23.3. The molecule has 3 N–H and O–H groups in total. The first-order valence-corrected chi connectivity index (χ1v) is 11.2. The Kier molecular flexibility index (Phi) is 5.80. The van der Waals surface area contributed by atoms with E-state index in [0.717, 1.165) is 10.6 Å². The molecule has 0 spiro atoms. The highest BCUT2D eigenvalue weighted by molar-refractivity contribution is 7.46. The fraction of sp³-hybridized carbons (Fsp3) is 0.0526. The maximum absolute atomic E-state index is 13.9. The zero-order valence-electron chi connectivity index (χ0n) is 16.0. The Morgan fingerprint density at radius 3 is 2.39 bits per heavy atom. The fourth-order valence-corrected chi connectivity index (χ4v) is 3.96. The van der Waals surface area contributed by atoms with Crippen molar-refractivity contribution in [1.29, 1.82) is 0 Å². The number of phosphoric ester groups is 1. The lowest BCUT2D eigenvalue weighted by Crippen LogP contribution is -2.10. The summed E-state index contributed by atoms with van der Waals surface area (Å²) < 4.78 is 58.6. The highest BCUT2D eigenvalue weighted by Gasteiger charge is 2.39. The molecule has 4 rings (SSSR count). The van der Waals surface area contributed by atoms with Gasteiger partial charge in [0.15, 0.2) is 5.69 Å². The van der Waals surface area contributed by atoms with Gasteiger partial charge in [-0.2, -0.15) is 18.3 Å². The molecule has 8 nitrogen and oxygen atoms in total. The van der Waals surface area contributed by atoms with Crippen molar-refractivity contribution in [2.75, 3.05) is 0 Å². The van der Waals surface area contributed by atoms with E-state index in [-0.39, 0.29) is 38.3 Å². The highest BCUT2D eigenvalue weighted by atomic mass is 35.5. The molecule has 0 aliphatic rings. The van der Waals surface area contributed by atoms with Crippen molar-refractivity contribution in [3.63, 3.8) is 0 Å². The van der Waals surface area contributed by atoms with Crippen molar-refractivity contribution in [3.8, 4) is 28.1 Å². The lowest BCUT2D eigenvalue weighted by Gasteiger charge is -2.12. The molecule has 33 heavy (non-hydrogen) atoms. The third-order valence-corrected chi connectivity index (χ3v) is 5.65. The van der Waals surface area contributed by atoms with E-state index in [1.807, 2.05) is 0 Å². The monoisotopic (exact) mass is 519 g/mol. The van der Waals surface area contributed by atoms with Gasteiger partial charge in [0.25, 0.3) is 5.56 Å². The van der Waals surface area contributed by atoms with Gasteiger partial charge in [0, 0.05) is 11.6 Å². The summed E-state index contributed by atoms with van der Waals surface area (Å²) in [5.41, 5.74) is -3.19. The van der Waals surface area contributed by atoms with Crippen LogP contribution in [-0.4, -0.2) is 24.4 Å². The van der Waals surface area contributed by atoms with Gasteiger partial charge in [-0.15, -0.1) is 0 Å². The van der Waals surface area contributed by atoms with Crippen LogP contribution in [0.25, 0.3) is 28.0 Å². The van der Waals surface area contributed by atoms with Gasteiger partial charge in [0.2, 0.25) is 0 Å². The molecule has 4 aromatic rings. The quantitative estimate of drug-likeness (QED) is 0.321. The van der Waals surface area contributed by atoms with E-state index >= 15 is 0 Å². The summed E-state index contributed by atoms with van der Waals surface area (Å²) in [7, 11) is -5.02. The van der Waals surface area contributed by atoms with E-state index in [0.29, 0.717) is 0 Å². The number of nitrogens with one attached hydrogen (secondary N) is 1. The first-order valence-electron chi connectivity index (χ1n) is 8.88. The molecule has 0 saturated carbocycles. The molecule has 0 radical (unpaired) electrons. The number of para-hydroxylation sites is 1. The number of fused-ring (bicyclic) bond motifs is 1. The summed E-state index contributed by atoms with van der Waals surface area (Å²) in [5, 5.41) is 3.76. The summed E-state index contributed by atoms with van der Waals surface area (Å²) in [5.74, 6) is -0.363. The van der Waals surface area contributed by atoms with Gasteiger partial charge in [0.05, 0.1) is 21.3 Å². The minimum Gasteiger partial charge on any atom is -0.404 e. The third kappa shape index (κ3) is 4.64. The van der Waals surface area contributed by atoms with Gasteiger partial charge < -0.3 is 9.51 Å². The SMILES string of the molecule is O=c1cc(-c2ccccc2OP(=O)(O)O)n2nc(C(F)(F)F)c(-c3ccc(Cl)c(Cl)c3)c2[nH]1. The van der Waals surface area contributed by atoms with Crippen molar-refractivity contribution < 1.29 is 32.0 Å². The minimum absolute atomic E-state index is 0.0134. The van der Waals surface area contributed by atoms with Gasteiger partial charge >= 0.3 is 14.0 Å². The Labute approximate surface area is 192 Å². The average molecular weight is 520 g/mol. The van der Waals surface area contributed by atoms with Crippen molar-refractivity contribution in [1.82, 2.24) is 14.6 Å². The number of aromatic nitrogens is 3. The summed E-state index contributed by atoms with van der Waals surface area (Å²) in [4.78, 5) is 33.1. The number of hydrogen-bond donors (Lipinski definition) is 3. The number of rotatable bonds is 4. The van der Waals surface area contributed by atoms with E-state index in [2.05, 4.69) is 14.6 Å². The van der Waals surface area contributed by atoms with E-state index in [1.165, 1.54) is 42.5 Å². The second-order valence-electron chi connectivity index (χ2n) is 6.71. The van der Waals surface area contributed by atoms with Gasteiger partial charge in [-0.1, -0.05) is 41.4 Å². The topological polar surface area (TPSA) is 117 Å². The molecule has 14 heteroatoms. The molecular weight excluding hydrogens is 509 g/mol. The zero-order chi connectivity index (χ0) is 24.1. The molecule has 0 aliphatic carbocycles. The smallest absolute Gasteiger partial charge is 0.404 e. The van der Waals surface area contributed by atoms with E-state index < -0.39 is 30.8 Å². The van der Waals surface area contributed by atoms with Crippen LogP contribution >= 0.6 is 31.0 Å². The van der Waals surface area contributed by atoms with Gasteiger partial charge in [0.1, 0.15) is 11.4 Å². The summed E-state index contributed by atoms with van der Waals surface area (Å²) >= 11 is 11.9. The second kappa shape index (κ2) is 8.19. The molecule has 172 valence electrons. The zero-order valence-corrected chi connectivity index (χ0v) is 18.4. The molecular formula is C19H11Cl2F3N3O5P. The van der Waals surface area contributed by atoms with Crippen LogP contribution in [-0.2, 0) is 10.7 Å². The predicted octanol–water partition coefficient (Wildman–Crippen LogP) is 5.15. The van der Waals surface area contributed by atoms with Crippen LogP contribution in [0.15, 0.2) is 53.3 Å². The normalized spacial score (nSPS) is 12.3. The predicted molar refractivity (Wildman–Crippen MR) is 114 cm³/mol. The van der Waals surface area contributed by atoms with Crippen molar-refractivity contribution >= 4 is 36.7 Å². The van der Waals surface area contributed by atoms with Gasteiger partial charge in [-0.3, -0.25) is 14.6 Å². The number of alkyl halides is 3. The Morgan fingerprint density at radius 1 is 1.06 bits per heavy atom. The number of benzene rings is 2. The van der Waals surface area contributed by atoms with Crippen LogP contribution in [0.1, 0.15) is 5.69 Å². The lowest BCUT2D eigenvalue weighted by molar-refractivity contribution is -0.140. The Hall–Kier alpha value is -2.82. The average Bonchev–Trinajstić information content (AvgIpc) is 3.08. The third-order valence-electron chi connectivity index (χ3n) is 4.48. The Balaban J connectivity index is 2.09. The highest BCUT2D eigenvalue weighted by Crippen LogP contribution is 2.44. The summed E-state index contributed by atoms with van der Waals surface area (Å²) in [6.45, 7) is 0. The maximum atomic E-state index is 13.9. The first-order chi connectivity index (χ1) is 15.3. The van der Waals surface area contributed by atoms with Crippen LogP contribution in [0, 0.1) is 0 Å². The van der Waals surface area contributed by atoms with E-state index in [1.54, 1.807) is 0 Å². The molecule has 2 heterocycles. The van der Waals surface area contributed by atoms with Crippen LogP contribution in [0.3, 0.4) is 0 Å². The molecule has 0 unspecified atom stereocenters. The van der Waals surface area contributed by atoms with Crippen LogP contribution in [0.4, 0.5) is 13.2 Å². The molecule has 0 saturated heterocycles. The standard InChI is InChI=1S/C19H11Cl2F3N3O5P/c20-11-6-5-9(7-12(11)21)16-17(19(22,23)24)26-27-13(8-15(28)25-18(16)27)10-3-1-2-4-14(10)32-33(29,30)31/h1-8H,(H,25,28)(H2,29,30,31). The number of phosphoric acid groups is 1. The van der Waals surface area contributed by atoms with E-state index in [4.69, 9.17) is 23.2 Å². The molecule has 0 atom stereocenters. The van der Waals surface area contributed by atoms with Crippen molar-refractivity contribution in [2.45, 2.75) is 6.18 Å². The number of nitrogens with zero attached hydrogens (tertiary/aromatic N) is 2. The molecule has 2 aromatic carbocycles. The van der Waals surface area contributed by atoms with Gasteiger partial charge in [-0.25, -0.2) is 9.08 Å². The lowest BCUT2D eigenvalue weighted by atomic mass is 10.1. The number of hydrogen-bond acceptors (Lipinski definition) is 4. The largest absolute Gasteiger partial charge is 0.524 e. The second-order valence-corrected chi connectivity index (χ2v) is 8.69. The molecule has 0 fully saturated rings. The number of H-pyrrole nitrogens is 1. The van der Waals surface area contributed by atoms with Crippen molar-refractivity contribution in [3.05, 3.63) is 74.6 Å². The number of aromatic amines is 1. The van der Waals surface area contributed by atoms with Crippen LogP contribution in [0.2, 0.25) is 10.0 Å². The number of halogens is 5. The fourth-order valence-electron chi connectivity index (χ4n) is 3.25. The van der Waals surface area contributed by atoms with Crippen LogP contribution in [0.5, 0.6) is 5.75 Å². The molecule has 2 aromatic heterocycles. The molecule has 0 aliphatic heterocycles. The Morgan fingerprint density at radius 2 is 1.76 bits per heavy atom. The molecule has 0 bridgehead atoms. The Bertz CT molecular complexity index is 1500. The van der Waals surface area contributed by atoms with Crippen LogP contribution < -0.4 is 10.1 Å². The maximum Gasteiger partial charge on any atom is 0.524 e. The summed E-state index contributed by atoms with van der Waals surface area (Å²) in [6, 6.07) is 10.1.